The number of likely N-dealkylation sites (N-methyl/N-ethyl adjacent to an activating group) is 1. The molecule has 1 aromatic heterocycles. The fourth-order valence-corrected chi connectivity index (χ4v) is 5.99. The summed E-state index contributed by atoms with van der Waals surface area (Å²) in [6.45, 7) is 6.40. The van der Waals surface area contributed by atoms with Crippen LogP contribution in [0.25, 0.3) is 0 Å². The molecule has 2 atom stereocenters. The largest absolute Gasteiger partial charge is 0.344 e. The van der Waals surface area contributed by atoms with Crippen LogP contribution in [0.5, 0.6) is 0 Å². The number of aryl methyl sites for hydroxylation is 1. The number of aromatic nitrogens is 2. The van der Waals surface area contributed by atoms with Crippen LogP contribution in [-0.4, -0.2) is 94.3 Å². The highest BCUT2D eigenvalue weighted by molar-refractivity contribution is 5.97. The van der Waals surface area contributed by atoms with Gasteiger partial charge in [-0.2, -0.15) is 5.10 Å². The Morgan fingerprint density at radius 3 is 2.33 bits per heavy atom. The van der Waals surface area contributed by atoms with Crippen molar-refractivity contribution >= 4 is 23.5 Å². The van der Waals surface area contributed by atoms with Crippen molar-refractivity contribution < 1.29 is 32.3 Å². The van der Waals surface area contributed by atoms with E-state index in [1.807, 2.05) is 14.0 Å². The van der Waals surface area contributed by atoms with Gasteiger partial charge in [-0.3, -0.25) is 23.9 Å². The van der Waals surface area contributed by atoms with Crippen LogP contribution >= 0.6 is 0 Å². The van der Waals surface area contributed by atoms with E-state index < -0.39 is 54.3 Å². The van der Waals surface area contributed by atoms with Crippen LogP contribution in [0.1, 0.15) is 67.6 Å². The molecule has 0 bridgehead atoms. The third-order valence-corrected chi connectivity index (χ3v) is 8.81. The number of nitrogens with one attached hydrogen (secondary N) is 2. The molecule has 2 N–H and O–H groups in total. The lowest BCUT2D eigenvalue weighted by atomic mass is 9.79. The van der Waals surface area contributed by atoms with Crippen molar-refractivity contribution in [2.45, 2.75) is 83.3 Å². The summed E-state index contributed by atoms with van der Waals surface area (Å²) >= 11 is 0. The Bertz CT molecular complexity index is 1360. The zero-order valence-electron chi connectivity index (χ0n) is 26.2. The Balaban J connectivity index is 1.49. The number of carbonyl (C=O) groups is 4. The summed E-state index contributed by atoms with van der Waals surface area (Å²) in [7, 11) is 1.97. The van der Waals surface area contributed by atoms with Crippen LogP contribution in [0, 0.1) is 11.7 Å². The second-order valence-electron chi connectivity index (χ2n) is 12.1. The average Bonchev–Trinajstić information content (AvgIpc) is 3.50. The number of benzene rings is 1. The maximum absolute atomic E-state index is 15.4. The van der Waals surface area contributed by atoms with E-state index >= 15 is 4.39 Å². The lowest BCUT2D eigenvalue weighted by molar-refractivity contribution is -0.137. The minimum absolute atomic E-state index is 0.0460. The van der Waals surface area contributed by atoms with Crippen molar-refractivity contribution in [2.24, 2.45) is 5.92 Å². The lowest BCUT2D eigenvalue weighted by Crippen LogP contribution is -2.54. The summed E-state index contributed by atoms with van der Waals surface area (Å²) in [6, 6.07) is 3.89. The number of hydrogen-bond donors (Lipinski definition) is 2. The molecule has 3 amide bonds. The molecule has 45 heavy (non-hydrogen) atoms. The first kappa shape index (κ1) is 34.1. The van der Waals surface area contributed by atoms with E-state index in [0.717, 1.165) is 0 Å². The first-order valence-corrected chi connectivity index (χ1v) is 15.7. The summed E-state index contributed by atoms with van der Waals surface area (Å²) in [4.78, 5) is 56.1. The van der Waals surface area contributed by atoms with Crippen LogP contribution < -0.4 is 10.6 Å². The molecule has 13 heteroatoms. The van der Waals surface area contributed by atoms with E-state index in [4.69, 9.17) is 0 Å². The van der Waals surface area contributed by atoms with E-state index in [9.17, 15) is 28.0 Å². The molecule has 2 aliphatic rings. The number of halogens is 3. The van der Waals surface area contributed by atoms with Gasteiger partial charge in [-0.25, -0.2) is 13.2 Å². The molecule has 0 unspecified atom stereocenters. The Labute approximate surface area is 261 Å². The van der Waals surface area contributed by atoms with Gasteiger partial charge in [0.25, 0.3) is 5.91 Å². The van der Waals surface area contributed by atoms with Crippen molar-refractivity contribution in [2.75, 3.05) is 33.2 Å². The molecule has 1 aromatic carbocycles. The molecule has 0 radical (unpaired) electrons. The van der Waals surface area contributed by atoms with Gasteiger partial charge in [0.05, 0.1) is 6.04 Å². The van der Waals surface area contributed by atoms with Crippen molar-refractivity contribution in [1.29, 1.82) is 0 Å². The normalized spacial score (nSPS) is 18.7. The zero-order valence-corrected chi connectivity index (χ0v) is 26.2. The van der Waals surface area contributed by atoms with Gasteiger partial charge in [-0.15, -0.1) is 0 Å². The molecule has 2 aromatic rings. The minimum Gasteiger partial charge on any atom is -0.344 e. The molecule has 1 aliphatic carbocycles. The molecule has 246 valence electrons. The van der Waals surface area contributed by atoms with Gasteiger partial charge in [0.2, 0.25) is 17.7 Å². The highest BCUT2D eigenvalue weighted by atomic mass is 19.3. The van der Waals surface area contributed by atoms with Crippen LogP contribution in [0.4, 0.5) is 13.2 Å². The Kier molecular flexibility index (Phi) is 11.4. The Hall–Kier alpha value is -3.74. The molecule has 2 fully saturated rings. The van der Waals surface area contributed by atoms with Crippen molar-refractivity contribution in [3.63, 3.8) is 0 Å². The number of carbonyl (C=O) groups excluding carboxylic acids is 4. The fourth-order valence-electron chi connectivity index (χ4n) is 5.99. The van der Waals surface area contributed by atoms with Crippen LogP contribution in [0.2, 0.25) is 0 Å². The number of alkyl halides is 2. The fraction of sp³-hybridized carbons (Fsp3) is 0.594. The third-order valence-electron chi connectivity index (χ3n) is 8.81. The van der Waals surface area contributed by atoms with Gasteiger partial charge >= 0.3 is 0 Å². The average molecular weight is 633 g/mol. The summed E-state index contributed by atoms with van der Waals surface area (Å²) in [5.41, 5.74) is 0.796. The maximum atomic E-state index is 15.4. The monoisotopic (exact) mass is 632 g/mol. The quantitative estimate of drug-likeness (QED) is 0.372. The topological polar surface area (TPSA) is 117 Å². The van der Waals surface area contributed by atoms with E-state index in [2.05, 4.69) is 20.6 Å². The van der Waals surface area contributed by atoms with E-state index in [-0.39, 0.29) is 55.2 Å². The first-order chi connectivity index (χ1) is 21.4. The lowest BCUT2D eigenvalue weighted by Gasteiger charge is -2.35. The SMILES string of the molecule is CCC(=O)N[C@H](Cc1ccc(CC(=O)[C@@H](NC(=O)c2ccnn2CC)C2CCC(F)(F)CC2)c(F)c1)C(=O)N1CCN(C)CC1. The van der Waals surface area contributed by atoms with Crippen LogP contribution in [0.15, 0.2) is 30.5 Å². The number of piperazine rings is 1. The van der Waals surface area contributed by atoms with Gasteiger partial charge in [0.1, 0.15) is 17.6 Å². The molecule has 1 aliphatic heterocycles. The van der Waals surface area contributed by atoms with Gasteiger partial charge in [-0.1, -0.05) is 19.1 Å². The molecule has 2 heterocycles. The highest BCUT2D eigenvalue weighted by Gasteiger charge is 2.40. The second-order valence-corrected chi connectivity index (χ2v) is 12.1. The minimum atomic E-state index is -2.82. The molecule has 10 nitrogen and oxygen atoms in total. The zero-order chi connectivity index (χ0) is 32.7. The summed E-state index contributed by atoms with van der Waals surface area (Å²) in [5.74, 6) is -5.57. The van der Waals surface area contributed by atoms with Crippen molar-refractivity contribution in [3.8, 4) is 0 Å². The van der Waals surface area contributed by atoms with Gasteiger partial charge in [0, 0.05) is 71.0 Å². The molecule has 0 spiro atoms. The van der Waals surface area contributed by atoms with E-state index in [0.29, 0.717) is 38.3 Å². The predicted octanol–water partition coefficient (Wildman–Crippen LogP) is 2.99. The standard InChI is InChI=1S/C32H43F3N6O4/c1-4-28(43)37-25(31(45)40-16-14-39(3)15-17-40)19-21-6-7-23(24(33)18-21)20-27(42)29(22-8-11-32(34,35)12-9-22)38-30(44)26-10-13-36-41(26)5-2/h6-7,10,13,18,22,25,29H,4-5,8-9,11-12,14-17,19-20H2,1-3H3,(H,37,43)(H,38,44)/t25-,29+/m1/s1. The van der Waals surface area contributed by atoms with E-state index in [1.165, 1.54) is 29.1 Å². The summed E-state index contributed by atoms with van der Waals surface area (Å²) in [5, 5.41) is 9.58. The Morgan fingerprint density at radius 1 is 1.02 bits per heavy atom. The molecule has 4 rings (SSSR count). The van der Waals surface area contributed by atoms with Gasteiger partial charge in [-0.05, 0) is 56.0 Å². The third kappa shape index (κ3) is 8.93. The Morgan fingerprint density at radius 2 is 1.71 bits per heavy atom. The predicted molar refractivity (Wildman–Crippen MR) is 161 cm³/mol. The number of ketones is 1. The molecular weight excluding hydrogens is 589 g/mol. The number of amides is 3. The van der Waals surface area contributed by atoms with Crippen molar-refractivity contribution in [3.05, 3.63) is 53.1 Å². The second kappa shape index (κ2) is 15.0. The molecule has 1 saturated carbocycles. The van der Waals surface area contributed by atoms with Crippen LogP contribution in [-0.2, 0) is 33.8 Å². The first-order valence-electron chi connectivity index (χ1n) is 15.7. The number of hydrogen-bond acceptors (Lipinski definition) is 6. The highest BCUT2D eigenvalue weighted by Crippen LogP contribution is 2.38. The van der Waals surface area contributed by atoms with Gasteiger partial charge < -0.3 is 20.4 Å². The smallest absolute Gasteiger partial charge is 0.270 e. The molecular formula is C32H43F3N6O4. The number of nitrogens with zero attached hydrogens (tertiary/aromatic N) is 4. The van der Waals surface area contributed by atoms with Crippen LogP contribution in [0.3, 0.4) is 0 Å². The summed E-state index contributed by atoms with van der Waals surface area (Å²) in [6.07, 6.45) is 0.680. The summed E-state index contributed by atoms with van der Waals surface area (Å²) < 4.78 is 44.8. The van der Waals surface area contributed by atoms with Crippen molar-refractivity contribution in [1.82, 2.24) is 30.2 Å². The van der Waals surface area contributed by atoms with Gasteiger partial charge in [0.15, 0.2) is 5.78 Å². The maximum Gasteiger partial charge on any atom is 0.270 e. The number of Topliss-reactive ketones (excluding diaryl/α,β-unsaturated/α-hetero) is 1. The molecule has 1 saturated heterocycles. The van der Waals surface area contributed by atoms with E-state index in [1.54, 1.807) is 17.9 Å². The number of rotatable bonds is 12.